The van der Waals surface area contributed by atoms with E-state index in [0.717, 1.165) is 4.90 Å². The number of para-hydroxylation sites is 2. The Balaban J connectivity index is 1.44. The van der Waals surface area contributed by atoms with Crippen molar-refractivity contribution in [1.29, 1.82) is 0 Å². The van der Waals surface area contributed by atoms with Crippen LogP contribution < -0.4 is 16.6 Å². The molecule has 27 heavy (non-hydrogen) atoms. The third kappa shape index (κ3) is 5.15. The largest absolute Gasteiger partial charge is 0.419 e. The maximum absolute atomic E-state index is 11.9. The first kappa shape index (κ1) is 19.1. The first-order chi connectivity index (χ1) is 13.0. The average Bonchev–Trinajstić information content (AvgIpc) is 2.99. The molecule has 7 nitrogen and oxygen atoms in total. The lowest BCUT2D eigenvalue weighted by atomic mass is 10.3. The third-order valence-electron chi connectivity index (χ3n) is 3.66. The van der Waals surface area contributed by atoms with Gasteiger partial charge < -0.3 is 4.42 Å². The second-order valence-electron chi connectivity index (χ2n) is 5.58. The molecule has 0 radical (unpaired) electrons. The van der Waals surface area contributed by atoms with Crippen LogP contribution in [-0.4, -0.2) is 22.1 Å². The molecule has 140 valence electrons. The van der Waals surface area contributed by atoms with Gasteiger partial charge in [0.2, 0.25) is 11.8 Å². The van der Waals surface area contributed by atoms with Gasteiger partial charge in [-0.1, -0.05) is 23.7 Å². The molecule has 0 bridgehead atoms. The van der Waals surface area contributed by atoms with Gasteiger partial charge in [-0.2, -0.15) is 0 Å². The molecule has 0 saturated heterocycles. The number of hydrazine groups is 1. The molecule has 3 rings (SSSR count). The fourth-order valence-electron chi connectivity index (χ4n) is 2.36. The Kier molecular flexibility index (Phi) is 6.20. The number of aromatic nitrogens is 1. The van der Waals surface area contributed by atoms with Crippen LogP contribution in [0.3, 0.4) is 0 Å². The van der Waals surface area contributed by atoms with Crippen LogP contribution in [0.1, 0.15) is 6.42 Å². The van der Waals surface area contributed by atoms with Crippen molar-refractivity contribution in [2.45, 2.75) is 17.9 Å². The van der Waals surface area contributed by atoms with Gasteiger partial charge in [-0.3, -0.25) is 25.0 Å². The monoisotopic (exact) mass is 405 g/mol. The molecule has 1 heterocycles. The predicted molar refractivity (Wildman–Crippen MR) is 104 cm³/mol. The van der Waals surface area contributed by atoms with Gasteiger partial charge in [-0.05, 0) is 36.4 Å². The molecule has 0 spiro atoms. The highest BCUT2D eigenvalue weighted by Crippen LogP contribution is 2.19. The zero-order valence-electron chi connectivity index (χ0n) is 14.1. The summed E-state index contributed by atoms with van der Waals surface area (Å²) >= 11 is 7.13. The molecule has 0 fully saturated rings. The number of hydrogen-bond acceptors (Lipinski definition) is 5. The number of benzene rings is 2. The first-order valence-electron chi connectivity index (χ1n) is 8.07. The highest BCUT2D eigenvalue weighted by molar-refractivity contribution is 8.00. The molecule has 2 aromatic carbocycles. The molecule has 2 amide bonds. The van der Waals surface area contributed by atoms with Crippen molar-refractivity contribution in [2.24, 2.45) is 0 Å². The fraction of sp³-hybridized carbons (Fsp3) is 0.167. The lowest BCUT2D eigenvalue weighted by Crippen LogP contribution is -2.42. The Morgan fingerprint density at radius 1 is 1.04 bits per heavy atom. The summed E-state index contributed by atoms with van der Waals surface area (Å²) in [6, 6.07) is 14.1. The van der Waals surface area contributed by atoms with Gasteiger partial charge in [0.05, 0.1) is 11.3 Å². The molecule has 9 heteroatoms. The highest BCUT2D eigenvalue weighted by atomic mass is 35.5. The molecule has 0 atom stereocenters. The number of carbonyl (C=O) groups is 2. The number of oxazole rings is 1. The van der Waals surface area contributed by atoms with E-state index < -0.39 is 11.7 Å². The number of nitrogens with zero attached hydrogens (tertiary/aromatic N) is 1. The van der Waals surface area contributed by atoms with Crippen LogP contribution in [-0.2, 0) is 16.1 Å². The van der Waals surface area contributed by atoms with Gasteiger partial charge in [0.25, 0.3) is 0 Å². The minimum Gasteiger partial charge on any atom is -0.408 e. The number of carbonyl (C=O) groups excluding carboxylic acids is 2. The summed E-state index contributed by atoms with van der Waals surface area (Å²) in [7, 11) is 0. The van der Waals surface area contributed by atoms with Crippen molar-refractivity contribution in [1.82, 2.24) is 15.4 Å². The lowest BCUT2D eigenvalue weighted by Gasteiger charge is -2.07. The van der Waals surface area contributed by atoms with E-state index in [2.05, 4.69) is 10.9 Å². The zero-order chi connectivity index (χ0) is 19.2. The fourth-order valence-corrected chi connectivity index (χ4v) is 3.18. The van der Waals surface area contributed by atoms with Gasteiger partial charge in [0.15, 0.2) is 5.58 Å². The van der Waals surface area contributed by atoms with Crippen LogP contribution in [0.15, 0.2) is 62.6 Å². The average molecular weight is 406 g/mol. The number of rotatable bonds is 6. The van der Waals surface area contributed by atoms with Crippen LogP contribution in [0.4, 0.5) is 0 Å². The van der Waals surface area contributed by atoms with Crippen LogP contribution in [0.25, 0.3) is 11.1 Å². The van der Waals surface area contributed by atoms with E-state index in [1.807, 2.05) is 12.1 Å². The SMILES string of the molecule is O=C(CCn1c(=O)oc2ccccc21)NNC(=O)CSc1ccc(Cl)cc1. The zero-order valence-corrected chi connectivity index (χ0v) is 15.7. The smallest absolute Gasteiger partial charge is 0.408 e. The Bertz CT molecular complexity index is 1010. The topological polar surface area (TPSA) is 93.3 Å². The molecule has 0 saturated carbocycles. The standard InChI is InChI=1S/C18H16ClN3O4S/c19-12-5-7-13(8-6-12)27-11-17(24)21-20-16(23)9-10-22-14-3-1-2-4-15(14)26-18(22)25/h1-8H,9-11H2,(H,20,23)(H,21,24). The van der Waals surface area contributed by atoms with E-state index in [-0.39, 0.29) is 24.6 Å². The predicted octanol–water partition coefficient (Wildman–Crippen LogP) is 2.58. The molecule has 0 aliphatic rings. The van der Waals surface area contributed by atoms with Crippen molar-refractivity contribution < 1.29 is 14.0 Å². The number of halogens is 1. The minimum atomic E-state index is -0.521. The number of fused-ring (bicyclic) bond motifs is 1. The van der Waals surface area contributed by atoms with Crippen molar-refractivity contribution in [3.8, 4) is 0 Å². The Morgan fingerprint density at radius 2 is 1.74 bits per heavy atom. The van der Waals surface area contributed by atoms with E-state index >= 15 is 0 Å². The Hall–Kier alpha value is -2.71. The van der Waals surface area contributed by atoms with Crippen LogP contribution >= 0.6 is 23.4 Å². The number of thioether (sulfide) groups is 1. The maximum Gasteiger partial charge on any atom is 0.419 e. The summed E-state index contributed by atoms with van der Waals surface area (Å²) in [5.41, 5.74) is 5.78. The minimum absolute atomic E-state index is 0.0219. The van der Waals surface area contributed by atoms with Gasteiger partial charge in [0, 0.05) is 22.9 Å². The van der Waals surface area contributed by atoms with E-state index in [4.69, 9.17) is 16.0 Å². The van der Waals surface area contributed by atoms with Crippen LogP contribution in [0.2, 0.25) is 5.02 Å². The van der Waals surface area contributed by atoms with E-state index in [1.54, 1.807) is 36.4 Å². The van der Waals surface area contributed by atoms with E-state index in [0.29, 0.717) is 16.1 Å². The molecular weight excluding hydrogens is 390 g/mol. The van der Waals surface area contributed by atoms with Gasteiger partial charge in [-0.25, -0.2) is 4.79 Å². The first-order valence-corrected chi connectivity index (χ1v) is 9.44. The molecule has 0 aliphatic heterocycles. The number of amides is 2. The quantitative estimate of drug-likeness (QED) is 0.485. The number of aryl methyl sites for hydroxylation is 1. The van der Waals surface area contributed by atoms with E-state index in [1.165, 1.54) is 16.3 Å². The highest BCUT2D eigenvalue weighted by Gasteiger charge is 2.11. The molecule has 0 unspecified atom stereocenters. The molecule has 1 aromatic heterocycles. The Labute approximate surface area is 163 Å². The lowest BCUT2D eigenvalue weighted by molar-refractivity contribution is -0.127. The van der Waals surface area contributed by atoms with Crippen LogP contribution in [0.5, 0.6) is 0 Å². The summed E-state index contributed by atoms with van der Waals surface area (Å²) in [5.74, 6) is -1.12. The van der Waals surface area contributed by atoms with Gasteiger partial charge >= 0.3 is 5.76 Å². The Morgan fingerprint density at radius 3 is 2.52 bits per heavy atom. The molecule has 2 N–H and O–H groups in total. The second-order valence-corrected chi connectivity index (χ2v) is 7.06. The summed E-state index contributed by atoms with van der Waals surface area (Å²) < 4.78 is 6.49. The molecular formula is C18H16ClN3O4S. The van der Waals surface area contributed by atoms with Crippen LogP contribution in [0, 0.1) is 0 Å². The summed E-state index contributed by atoms with van der Waals surface area (Å²) in [6.07, 6.45) is 0.0219. The molecule has 0 aliphatic carbocycles. The van der Waals surface area contributed by atoms with E-state index in [9.17, 15) is 14.4 Å². The van der Waals surface area contributed by atoms with Gasteiger partial charge in [0.1, 0.15) is 0 Å². The maximum atomic E-state index is 11.9. The second kappa shape index (κ2) is 8.79. The van der Waals surface area contributed by atoms with Crippen molar-refractivity contribution in [3.63, 3.8) is 0 Å². The van der Waals surface area contributed by atoms with Gasteiger partial charge in [-0.15, -0.1) is 11.8 Å². The van der Waals surface area contributed by atoms with Crippen molar-refractivity contribution in [2.75, 3.05) is 5.75 Å². The number of hydrogen-bond donors (Lipinski definition) is 2. The normalized spacial score (nSPS) is 10.7. The summed E-state index contributed by atoms with van der Waals surface area (Å²) in [6.45, 7) is 0.150. The summed E-state index contributed by atoms with van der Waals surface area (Å²) in [5, 5.41) is 0.626. The number of nitrogens with one attached hydrogen (secondary N) is 2. The van der Waals surface area contributed by atoms with Crippen molar-refractivity contribution >= 4 is 46.3 Å². The van der Waals surface area contributed by atoms with Crippen molar-refractivity contribution in [3.05, 3.63) is 64.1 Å². The summed E-state index contributed by atoms with van der Waals surface area (Å²) in [4.78, 5) is 36.5. The molecule has 3 aromatic rings. The third-order valence-corrected chi connectivity index (χ3v) is 4.93.